The van der Waals surface area contributed by atoms with Gasteiger partial charge in [-0.1, -0.05) is 0 Å². The Morgan fingerprint density at radius 3 is 2.60 bits per heavy atom. The zero-order valence-corrected chi connectivity index (χ0v) is 17.7. The summed E-state index contributed by atoms with van der Waals surface area (Å²) < 4.78 is 5.25. The maximum Gasteiger partial charge on any atom is 0.252 e. The third-order valence-electron chi connectivity index (χ3n) is 5.67. The molecule has 2 N–H and O–H groups in total. The number of nitrogens with zero attached hydrogens (tertiary/aromatic N) is 4. The number of ether oxygens (including phenoxy) is 1. The van der Waals surface area contributed by atoms with Crippen molar-refractivity contribution in [1.29, 1.82) is 0 Å². The van der Waals surface area contributed by atoms with Gasteiger partial charge in [0, 0.05) is 43.8 Å². The van der Waals surface area contributed by atoms with Gasteiger partial charge >= 0.3 is 0 Å². The van der Waals surface area contributed by atoms with Gasteiger partial charge in [-0.15, -0.1) is 0 Å². The molecule has 0 radical (unpaired) electrons. The predicted molar refractivity (Wildman–Crippen MR) is 117 cm³/mol. The summed E-state index contributed by atoms with van der Waals surface area (Å²) in [5.41, 5.74) is 4.13. The van der Waals surface area contributed by atoms with Gasteiger partial charge in [0.1, 0.15) is 5.75 Å². The van der Waals surface area contributed by atoms with Gasteiger partial charge in [-0.3, -0.25) is 19.8 Å². The molecule has 0 bridgehead atoms. The molecule has 3 heterocycles. The molecule has 1 saturated heterocycles. The van der Waals surface area contributed by atoms with E-state index in [-0.39, 0.29) is 5.56 Å². The normalized spacial score (nSPS) is 15.3. The number of nitrogens with one attached hydrogen (secondary N) is 2. The van der Waals surface area contributed by atoms with Crippen molar-refractivity contribution in [1.82, 2.24) is 25.1 Å². The molecule has 8 heteroatoms. The van der Waals surface area contributed by atoms with E-state index in [4.69, 9.17) is 4.74 Å². The molecule has 0 saturated carbocycles. The fourth-order valence-corrected chi connectivity index (χ4v) is 3.95. The number of aromatic amines is 2. The first kappa shape index (κ1) is 20.2. The van der Waals surface area contributed by atoms with Crippen LogP contribution in [0.25, 0.3) is 11.3 Å². The summed E-state index contributed by atoms with van der Waals surface area (Å²) in [5.74, 6) is 1.77. The molecule has 30 heavy (non-hydrogen) atoms. The first-order chi connectivity index (χ1) is 14.5. The number of likely N-dealkylation sites (tertiary alicyclic amines) is 1. The summed E-state index contributed by atoms with van der Waals surface area (Å²) in [6, 6.07) is 9.65. The van der Waals surface area contributed by atoms with E-state index in [1.165, 1.54) is 5.56 Å². The fraction of sp³-hybridized carbons (Fsp3) is 0.409. The average molecular weight is 409 g/mol. The van der Waals surface area contributed by atoms with Crippen LogP contribution in [0, 0.1) is 0 Å². The molecule has 0 unspecified atom stereocenters. The molecule has 1 fully saturated rings. The van der Waals surface area contributed by atoms with Crippen molar-refractivity contribution in [3.8, 4) is 17.0 Å². The SMILES string of the molecule is COc1ccc(-c2[nH]ncc2CN2CCC(c3cc(=O)[nH]c(N(C)C)n3)CC2)cc1. The number of anilines is 1. The van der Waals surface area contributed by atoms with Crippen LogP contribution in [0.3, 0.4) is 0 Å². The van der Waals surface area contributed by atoms with Gasteiger partial charge in [-0.25, -0.2) is 4.98 Å². The van der Waals surface area contributed by atoms with Crippen molar-refractivity contribution in [2.75, 3.05) is 39.2 Å². The molecule has 4 rings (SSSR count). The van der Waals surface area contributed by atoms with Crippen LogP contribution in [0.15, 0.2) is 41.3 Å². The minimum absolute atomic E-state index is 0.0892. The van der Waals surface area contributed by atoms with Crippen molar-refractivity contribution in [2.24, 2.45) is 0 Å². The van der Waals surface area contributed by atoms with Gasteiger partial charge in [-0.05, 0) is 50.2 Å². The minimum Gasteiger partial charge on any atom is -0.497 e. The second-order valence-electron chi connectivity index (χ2n) is 7.94. The van der Waals surface area contributed by atoms with Crippen molar-refractivity contribution < 1.29 is 4.74 Å². The number of hydrogen-bond donors (Lipinski definition) is 2. The maximum absolute atomic E-state index is 12.0. The zero-order valence-electron chi connectivity index (χ0n) is 17.7. The van der Waals surface area contributed by atoms with E-state index < -0.39 is 0 Å². The highest BCUT2D eigenvalue weighted by molar-refractivity contribution is 5.63. The van der Waals surface area contributed by atoms with E-state index in [1.807, 2.05) is 49.5 Å². The Labute approximate surface area is 175 Å². The Kier molecular flexibility index (Phi) is 5.85. The first-order valence-corrected chi connectivity index (χ1v) is 10.2. The van der Waals surface area contributed by atoms with Crippen LogP contribution in [-0.4, -0.2) is 59.4 Å². The Bertz CT molecular complexity index is 1030. The van der Waals surface area contributed by atoms with Crippen LogP contribution >= 0.6 is 0 Å². The lowest BCUT2D eigenvalue weighted by Crippen LogP contribution is -2.33. The summed E-state index contributed by atoms with van der Waals surface area (Å²) in [6.45, 7) is 2.77. The van der Waals surface area contributed by atoms with Gasteiger partial charge in [0.05, 0.1) is 24.7 Å². The molecule has 1 aliphatic heterocycles. The van der Waals surface area contributed by atoms with Crippen LogP contribution in [0.2, 0.25) is 0 Å². The van der Waals surface area contributed by atoms with E-state index >= 15 is 0 Å². The molecule has 0 spiro atoms. The lowest BCUT2D eigenvalue weighted by Gasteiger charge is -2.31. The van der Waals surface area contributed by atoms with Crippen LogP contribution in [0.1, 0.15) is 30.0 Å². The molecular formula is C22H28N6O2. The van der Waals surface area contributed by atoms with Gasteiger partial charge in [-0.2, -0.15) is 5.10 Å². The second kappa shape index (κ2) is 8.71. The van der Waals surface area contributed by atoms with Crippen LogP contribution < -0.4 is 15.2 Å². The van der Waals surface area contributed by atoms with E-state index in [0.717, 1.165) is 55.2 Å². The molecule has 2 aromatic heterocycles. The third kappa shape index (κ3) is 4.38. The standard InChI is InChI=1S/C22H28N6O2/c1-27(2)22-24-19(12-20(29)25-22)15-8-10-28(11-9-15)14-17-13-23-26-21(17)16-4-6-18(30-3)7-5-16/h4-7,12-13,15H,8-11,14H2,1-3H3,(H,23,26)(H,24,25,29). The minimum atomic E-state index is -0.0892. The fourth-order valence-electron chi connectivity index (χ4n) is 3.95. The topological polar surface area (TPSA) is 90.1 Å². The Balaban J connectivity index is 1.41. The summed E-state index contributed by atoms with van der Waals surface area (Å²) in [7, 11) is 5.44. The van der Waals surface area contributed by atoms with Crippen molar-refractivity contribution >= 4 is 5.95 Å². The zero-order chi connectivity index (χ0) is 21.1. The predicted octanol–water partition coefficient (Wildman–Crippen LogP) is 2.61. The molecule has 3 aromatic rings. The molecule has 1 aliphatic rings. The largest absolute Gasteiger partial charge is 0.497 e. The maximum atomic E-state index is 12.0. The highest BCUT2D eigenvalue weighted by Crippen LogP contribution is 2.29. The number of methoxy groups -OCH3 is 1. The summed E-state index contributed by atoms with van der Waals surface area (Å²) >= 11 is 0. The Morgan fingerprint density at radius 1 is 1.20 bits per heavy atom. The Hall–Kier alpha value is -3.13. The summed E-state index contributed by atoms with van der Waals surface area (Å²) in [4.78, 5) is 23.7. The Morgan fingerprint density at radius 2 is 1.93 bits per heavy atom. The number of hydrogen-bond acceptors (Lipinski definition) is 6. The van der Waals surface area contributed by atoms with E-state index in [2.05, 4.69) is 25.1 Å². The van der Waals surface area contributed by atoms with Crippen LogP contribution in [-0.2, 0) is 6.54 Å². The molecule has 8 nitrogen and oxygen atoms in total. The highest BCUT2D eigenvalue weighted by atomic mass is 16.5. The van der Waals surface area contributed by atoms with Crippen molar-refractivity contribution in [2.45, 2.75) is 25.3 Å². The van der Waals surface area contributed by atoms with Gasteiger partial charge in [0.15, 0.2) is 0 Å². The van der Waals surface area contributed by atoms with Gasteiger partial charge in [0.25, 0.3) is 5.56 Å². The van der Waals surface area contributed by atoms with E-state index in [1.54, 1.807) is 13.2 Å². The number of H-pyrrole nitrogens is 2. The first-order valence-electron chi connectivity index (χ1n) is 10.2. The number of rotatable bonds is 6. The summed E-state index contributed by atoms with van der Waals surface area (Å²) in [6.07, 6.45) is 3.88. The highest BCUT2D eigenvalue weighted by Gasteiger charge is 2.23. The third-order valence-corrected chi connectivity index (χ3v) is 5.67. The average Bonchev–Trinajstić information content (AvgIpc) is 3.22. The molecule has 0 atom stereocenters. The molecule has 0 amide bonds. The summed E-state index contributed by atoms with van der Waals surface area (Å²) in [5, 5.41) is 7.41. The van der Waals surface area contributed by atoms with Crippen LogP contribution in [0.4, 0.5) is 5.95 Å². The van der Waals surface area contributed by atoms with E-state index in [9.17, 15) is 4.79 Å². The van der Waals surface area contributed by atoms with Crippen molar-refractivity contribution in [3.63, 3.8) is 0 Å². The lowest BCUT2D eigenvalue weighted by molar-refractivity contribution is 0.203. The monoisotopic (exact) mass is 408 g/mol. The molecule has 0 aliphatic carbocycles. The lowest BCUT2D eigenvalue weighted by atomic mass is 9.93. The second-order valence-corrected chi connectivity index (χ2v) is 7.94. The molecular weight excluding hydrogens is 380 g/mol. The number of aromatic nitrogens is 4. The van der Waals surface area contributed by atoms with E-state index in [0.29, 0.717) is 11.9 Å². The van der Waals surface area contributed by atoms with Gasteiger partial charge in [0.2, 0.25) is 5.95 Å². The van der Waals surface area contributed by atoms with Crippen LogP contribution in [0.5, 0.6) is 5.75 Å². The molecule has 1 aromatic carbocycles. The van der Waals surface area contributed by atoms with Crippen molar-refractivity contribution in [3.05, 3.63) is 58.1 Å². The number of piperidine rings is 1. The quantitative estimate of drug-likeness (QED) is 0.652. The van der Waals surface area contributed by atoms with Gasteiger partial charge < -0.3 is 9.64 Å². The molecule has 158 valence electrons. The number of benzene rings is 1. The smallest absolute Gasteiger partial charge is 0.252 e.